The molecule has 0 bridgehead atoms. The van der Waals surface area contributed by atoms with Crippen molar-refractivity contribution in [2.24, 2.45) is 5.92 Å². The van der Waals surface area contributed by atoms with Crippen molar-refractivity contribution in [3.8, 4) is 5.75 Å². The van der Waals surface area contributed by atoms with E-state index in [0.717, 1.165) is 33.9 Å². The Labute approximate surface area is 186 Å². The number of Topliss-reactive ketones (excluding diaryl/α,β-unsaturated/α-hetero) is 1. The van der Waals surface area contributed by atoms with E-state index < -0.39 is 0 Å². The Morgan fingerprint density at radius 1 is 0.935 bits per heavy atom. The van der Waals surface area contributed by atoms with E-state index in [0.29, 0.717) is 11.4 Å². The molecule has 0 amide bonds. The van der Waals surface area contributed by atoms with Crippen molar-refractivity contribution in [3.63, 3.8) is 0 Å². The van der Waals surface area contributed by atoms with Crippen LogP contribution in [0.1, 0.15) is 29.5 Å². The summed E-state index contributed by atoms with van der Waals surface area (Å²) in [7, 11) is 1.65. The largest absolute Gasteiger partial charge is 0.497 e. The molecular weight excluding hydrogens is 408 g/mol. The van der Waals surface area contributed by atoms with Gasteiger partial charge in [0.15, 0.2) is 0 Å². The third-order valence-electron chi connectivity index (χ3n) is 6.07. The highest BCUT2D eigenvalue weighted by Gasteiger charge is 2.39. The first-order valence-electron chi connectivity index (χ1n) is 10.4. The fourth-order valence-electron chi connectivity index (χ4n) is 4.56. The van der Waals surface area contributed by atoms with Crippen molar-refractivity contribution in [1.82, 2.24) is 0 Å². The summed E-state index contributed by atoms with van der Waals surface area (Å²) < 4.78 is 5.44. The highest BCUT2D eigenvalue weighted by atomic mass is 35.5. The van der Waals surface area contributed by atoms with Gasteiger partial charge in [-0.25, -0.2) is 0 Å². The van der Waals surface area contributed by atoms with Gasteiger partial charge in [0.1, 0.15) is 11.5 Å². The van der Waals surface area contributed by atoms with Crippen LogP contribution in [0.25, 0.3) is 0 Å². The molecule has 0 saturated carbocycles. The highest BCUT2D eigenvalue weighted by Crippen LogP contribution is 2.45. The van der Waals surface area contributed by atoms with E-state index in [9.17, 15) is 4.79 Å². The molecule has 3 aromatic carbocycles. The molecule has 4 nitrogen and oxygen atoms in total. The molecule has 0 aromatic heterocycles. The summed E-state index contributed by atoms with van der Waals surface area (Å²) in [6.07, 6.45) is 2.67. The van der Waals surface area contributed by atoms with E-state index in [1.54, 1.807) is 7.11 Å². The number of fused-ring (bicyclic) bond motifs is 2. The maximum atomic E-state index is 13.5. The van der Waals surface area contributed by atoms with Crippen LogP contribution < -0.4 is 15.4 Å². The normalized spacial score (nSPS) is 22.2. The third-order valence-corrected chi connectivity index (χ3v) is 6.30. The standard InChI is InChI=1S/C26H23ClN2O2/c1-31-20-9-5-8-17(12-20)26-25-23(28-22-15-19(27)10-11-21(22)29-26)13-18(14-24(25)30)16-6-3-2-4-7-16/h2-13,15,18,25-26,28-29H,14H2,1H3. The SMILES string of the molecule is COc1cccc(C2Nc3ccc(Cl)cc3NC3=CC(c4ccccc4)CC(=O)C32)c1. The van der Waals surface area contributed by atoms with E-state index >= 15 is 0 Å². The average Bonchev–Trinajstić information content (AvgIpc) is 2.96. The van der Waals surface area contributed by atoms with Gasteiger partial charge in [-0.3, -0.25) is 4.79 Å². The van der Waals surface area contributed by atoms with Crippen molar-refractivity contribution in [2.75, 3.05) is 17.7 Å². The first-order valence-corrected chi connectivity index (χ1v) is 10.8. The van der Waals surface area contributed by atoms with E-state index in [4.69, 9.17) is 16.3 Å². The highest BCUT2D eigenvalue weighted by molar-refractivity contribution is 6.31. The number of ketones is 1. The molecule has 1 aliphatic carbocycles. The topological polar surface area (TPSA) is 50.4 Å². The van der Waals surface area contributed by atoms with E-state index in [1.807, 2.05) is 60.7 Å². The molecule has 0 fully saturated rings. The molecule has 3 unspecified atom stereocenters. The van der Waals surface area contributed by atoms with Gasteiger partial charge in [0.05, 0.1) is 30.4 Å². The van der Waals surface area contributed by atoms with Gasteiger partial charge < -0.3 is 15.4 Å². The summed E-state index contributed by atoms with van der Waals surface area (Å²) in [5.74, 6) is 0.680. The Morgan fingerprint density at radius 3 is 2.55 bits per heavy atom. The molecule has 156 valence electrons. The maximum absolute atomic E-state index is 13.5. The van der Waals surface area contributed by atoms with Gasteiger partial charge in [-0.1, -0.05) is 60.1 Å². The van der Waals surface area contributed by atoms with E-state index in [2.05, 4.69) is 28.8 Å². The third kappa shape index (κ3) is 3.79. The van der Waals surface area contributed by atoms with Crippen LogP contribution in [0.15, 0.2) is 84.6 Å². The molecule has 5 rings (SSSR count). The van der Waals surface area contributed by atoms with Crippen LogP contribution in [0.4, 0.5) is 11.4 Å². The lowest BCUT2D eigenvalue weighted by Gasteiger charge is -2.32. The van der Waals surface area contributed by atoms with Crippen LogP contribution in [0.2, 0.25) is 5.02 Å². The second-order valence-corrected chi connectivity index (χ2v) is 8.44. The summed E-state index contributed by atoms with van der Waals surface area (Å²) in [6, 6.07) is 23.6. The lowest BCUT2D eigenvalue weighted by Crippen LogP contribution is -2.33. The van der Waals surface area contributed by atoms with Gasteiger partial charge in [-0.2, -0.15) is 0 Å². The van der Waals surface area contributed by atoms with Crippen LogP contribution in [0.3, 0.4) is 0 Å². The number of halogens is 1. The van der Waals surface area contributed by atoms with Crippen LogP contribution in [0, 0.1) is 5.92 Å². The molecule has 0 spiro atoms. The number of carbonyl (C=O) groups excluding carboxylic acids is 1. The number of hydrogen-bond donors (Lipinski definition) is 2. The average molecular weight is 431 g/mol. The second kappa shape index (κ2) is 8.12. The molecule has 5 heteroatoms. The van der Waals surface area contributed by atoms with Gasteiger partial charge in [-0.05, 0) is 41.5 Å². The maximum Gasteiger partial charge on any atom is 0.145 e. The van der Waals surface area contributed by atoms with E-state index in [-0.39, 0.29) is 23.7 Å². The second-order valence-electron chi connectivity index (χ2n) is 8.00. The number of rotatable bonds is 3. The molecule has 0 radical (unpaired) electrons. The fraction of sp³-hybridized carbons (Fsp3) is 0.192. The zero-order valence-electron chi connectivity index (χ0n) is 17.1. The number of ether oxygens (including phenoxy) is 1. The van der Waals surface area contributed by atoms with E-state index in [1.165, 1.54) is 0 Å². The lowest BCUT2D eigenvalue weighted by molar-refractivity contribution is -0.122. The minimum Gasteiger partial charge on any atom is -0.497 e. The minimum atomic E-state index is -0.335. The quantitative estimate of drug-likeness (QED) is 0.520. The van der Waals surface area contributed by atoms with Crippen LogP contribution in [-0.2, 0) is 4.79 Å². The first-order chi connectivity index (χ1) is 15.1. The van der Waals surface area contributed by atoms with Crippen molar-refractivity contribution >= 4 is 28.8 Å². The zero-order chi connectivity index (χ0) is 21.4. The molecular formula is C26H23ClN2O2. The smallest absolute Gasteiger partial charge is 0.145 e. The Kier molecular flexibility index (Phi) is 5.16. The summed E-state index contributed by atoms with van der Waals surface area (Å²) in [5, 5.41) is 7.77. The summed E-state index contributed by atoms with van der Waals surface area (Å²) in [5.41, 5.74) is 4.84. The Bertz CT molecular complexity index is 1160. The summed E-state index contributed by atoms with van der Waals surface area (Å²) in [6.45, 7) is 0. The zero-order valence-corrected chi connectivity index (χ0v) is 17.9. The van der Waals surface area contributed by atoms with Gasteiger partial charge in [-0.15, -0.1) is 0 Å². The number of hydrogen-bond acceptors (Lipinski definition) is 4. The Balaban J connectivity index is 1.64. The predicted octanol–water partition coefficient (Wildman–Crippen LogP) is 6.18. The summed E-state index contributed by atoms with van der Waals surface area (Å²) >= 11 is 6.28. The Morgan fingerprint density at radius 2 is 1.74 bits per heavy atom. The van der Waals surface area contributed by atoms with Crippen molar-refractivity contribution < 1.29 is 9.53 Å². The number of nitrogens with one attached hydrogen (secondary N) is 2. The molecule has 0 saturated heterocycles. The van der Waals surface area contributed by atoms with Crippen molar-refractivity contribution in [2.45, 2.75) is 18.4 Å². The monoisotopic (exact) mass is 430 g/mol. The molecule has 2 N–H and O–H groups in total. The van der Waals surface area contributed by atoms with Crippen molar-refractivity contribution in [1.29, 1.82) is 0 Å². The molecule has 1 aliphatic heterocycles. The first kappa shape index (κ1) is 19.7. The number of benzene rings is 3. The minimum absolute atomic E-state index is 0.0409. The van der Waals surface area contributed by atoms with Gasteiger partial charge in [0.2, 0.25) is 0 Å². The number of carbonyl (C=O) groups is 1. The van der Waals surface area contributed by atoms with Crippen molar-refractivity contribution in [3.05, 3.63) is 101 Å². The molecule has 2 aliphatic rings. The molecule has 3 aromatic rings. The number of anilines is 2. The lowest BCUT2D eigenvalue weighted by atomic mass is 9.76. The molecule has 3 atom stereocenters. The molecule has 31 heavy (non-hydrogen) atoms. The fourth-order valence-corrected chi connectivity index (χ4v) is 4.73. The van der Waals surface area contributed by atoms with Crippen LogP contribution in [0.5, 0.6) is 5.75 Å². The number of allylic oxidation sites excluding steroid dienone is 1. The summed E-state index contributed by atoms with van der Waals surface area (Å²) in [4.78, 5) is 13.5. The van der Waals surface area contributed by atoms with Crippen LogP contribution in [-0.4, -0.2) is 12.9 Å². The van der Waals surface area contributed by atoms with Gasteiger partial charge >= 0.3 is 0 Å². The molecule has 1 heterocycles. The van der Waals surface area contributed by atoms with Gasteiger partial charge in [0, 0.05) is 23.1 Å². The number of methoxy groups -OCH3 is 1. The van der Waals surface area contributed by atoms with Gasteiger partial charge in [0.25, 0.3) is 0 Å². The predicted molar refractivity (Wildman–Crippen MR) is 125 cm³/mol. The Hall–Kier alpha value is -3.24. The van der Waals surface area contributed by atoms with Crippen LogP contribution >= 0.6 is 11.6 Å².